The van der Waals surface area contributed by atoms with E-state index in [-0.39, 0.29) is 24.9 Å². The summed E-state index contributed by atoms with van der Waals surface area (Å²) in [6, 6.07) is 4.06. The smallest absolute Gasteiger partial charge is 0.323 e. The Morgan fingerprint density at radius 1 is 1.38 bits per heavy atom. The van der Waals surface area contributed by atoms with E-state index in [0.29, 0.717) is 5.69 Å². The Balaban J connectivity index is 1.68. The number of carbonyl (C=O) groups is 2. The molecule has 1 fully saturated rings. The van der Waals surface area contributed by atoms with Gasteiger partial charge in [-0.3, -0.25) is 9.59 Å². The third kappa shape index (κ3) is 3.48. The van der Waals surface area contributed by atoms with Crippen molar-refractivity contribution in [2.24, 2.45) is 0 Å². The maximum absolute atomic E-state index is 12.3. The van der Waals surface area contributed by atoms with Crippen molar-refractivity contribution in [1.29, 1.82) is 0 Å². The molecule has 7 heteroatoms. The fourth-order valence-electron chi connectivity index (χ4n) is 2.11. The molecule has 5 nitrogen and oxygen atoms in total. The highest BCUT2D eigenvalue weighted by Crippen LogP contribution is 2.29. The number of thiophene rings is 1. The summed E-state index contributed by atoms with van der Waals surface area (Å²) >= 11 is 3.12. The highest BCUT2D eigenvalue weighted by atomic mass is 32.1. The van der Waals surface area contributed by atoms with Gasteiger partial charge in [-0.2, -0.15) is 0 Å². The molecule has 3 rings (SSSR count). The van der Waals surface area contributed by atoms with Crippen molar-refractivity contribution in [3.8, 4) is 9.88 Å². The number of rotatable bonds is 6. The molecule has 0 radical (unpaired) electrons. The zero-order chi connectivity index (χ0) is 14.8. The van der Waals surface area contributed by atoms with Gasteiger partial charge in [0, 0.05) is 11.4 Å². The van der Waals surface area contributed by atoms with Crippen molar-refractivity contribution >= 4 is 34.6 Å². The number of carboxylic acids is 1. The van der Waals surface area contributed by atoms with E-state index in [1.54, 1.807) is 11.3 Å². The molecule has 0 atom stereocenters. The van der Waals surface area contributed by atoms with Crippen LogP contribution in [0.25, 0.3) is 9.88 Å². The predicted molar refractivity (Wildman–Crippen MR) is 81.5 cm³/mol. The first kappa shape index (κ1) is 14.2. The molecule has 0 saturated heterocycles. The molecule has 1 N–H and O–H groups in total. The van der Waals surface area contributed by atoms with Gasteiger partial charge in [-0.05, 0) is 24.3 Å². The SMILES string of the molecule is O=C(O)CN(C(=O)Cc1csc(-c2cccs2)n1)C1CC1. The highest BCUT2D eigenvalue weighted by Gasteiger charge is 2.33. The van der Waals surface area contributed by atoms with Gasteiger partial charge in [-0.25, -0.2) is 4.98 Å². The van der Waals surface area contributed by atoms with E-state index in [2.05, 4.69) is 4.98 Å². The molecule has 21 heavy (non-hydrogen) atoms. The fraction of sp³-hybridized carbons (Fsp3) is 0.357. The lowest BCUT2D eigenvalue weighted by Crippen LogP contribution is -2.38. The van der Waals surface area contributed by atoms with Crippen LogP contribution in [0, 0.1) is 0 Å². The molecule has 2 heterocycles. The minimum Gasteiger partial charge on any atom is -0.480 e. The first-order chi connectivity index (χ1) is 10.1. The van der Waals surface area contributed by atoms with Crippen LogP contribution in [-0.2, 0) is 16.0 Å². The second-order valence-electron chi connectivity index (χ2n) is 4.94. The Hall–Kier alpha value is -1.73. The topological polar surface area (TPSA) is 70.5 Å². The molecule has 0 spiro atoms. The van der Waals surface area contributed by atoms with E-state index >= 15 is 0 Å². The van der Waals surface area contributed by atoms with Gasteiger partial charge in [-0.1, -0.05) is 6.07 Å². The Bertz CT molecular complexity index is 647. The number of hydrogen-bond acceptors (Lipinski definition) is 5. The summed E-state index contributed by atoms with van der Waals surface area (Å²) in [7, 11) is 0. The summed E-state index contributed by atoms with van der Waals surface area (Å²) in [6.45, 7) is -0.217. The zero-order valence-corrected chi connectivity index (χ0v) is 12.8. The van der Waals surface area contributed by atoms with Gasteiger partial charge in [0.25, 0.3) is 0 Å². The average molecular weight is 322 g/mol. The van der Waals surface area contributed by atoms with Gasteiger partial charge in [0.2, 0.25) is 5.91 Å². The maximum atomic E-state index is 12.3. The number of thiazole rings is 1. The third-order valence-corrected chi connectivity index (χ3v) is 5.16. The first-order valence-corrected chi connectivity index (χ1v) is 8.39. The number of nitrogens with zero attached hydrogens (tertiary/aromatic N) is 2. The highest BCUT2D eigenvalue weighted by molar-refractivity contribution is 7.20. The molecule has 1 aliphatic carbocycles. The second kappa shape index (κ2) is 5.95. The summed E-state index contributed by atoms with van der Waals surface area (Å²) < 4.78 is 0. The van der Waals surface area contributed by atoms with E-state index in [9.17, 15) is 9.59 Å². The molecule has 1 amide bonds. The van der Waals surface area contributed by atoms with Gasteiger partial charge >= 0.3 is 5.97 Å². The summed E-state index contributed by atoms with van der Waals surface area (Å²) in [5, 5.41) is 13.7. The second-order valence-corrected chi connectivity index (χ2v) is 6.75. The molecular formula is C14H14N2O3S2. The average Bonchev–Trinajstić information content (AvgIpc) is 2.94. The Morgan fingerprint density at radius 3 is 2.81 bits per heavy atom. The van der Waals surface area contributed by atoms with E-state index in [0.717, 1.165) is 22.7 Å². The van der Waals surface area contributed by atoms with Crippen LogP contribution < -0.4 is 0 Å². The standard InChI is InChI=1S/C14H14N2O3S2/c17-12(16(7-13(18)19)10-3-4-10)6-9-8-21-14(15-9)11-2-1-5-20-11/h1-2,5,8,10H,3-4,6-7H2,(H,18,19). The van der Waals surface area contributed by atoms with E-state index in [4.69, 9.17) is 5.11 Å². The first-order valence-electron chi connectivity index (χ1n) is 6.63. The lowest BCUT2D eigenvalue weighted by atomic mass is 10.3. The van der Waals surface area contributed by atoms with Crippen LogP contribution in [0.3, 0.4) is 0 Å². The number of hydrogen-bond donors (Lipinski definition) is 1. The minimum absolute atomic E-state index is 0.101. The molecule has 110 valence electrons. The molecule has 0 bridgehead atoms. The number of carboxylic acid groups (broad SMARTS) is 1. The van der Waals surface area contributed by atoms with Crippen LogP contribution in [0.2, 0.25) is 0 Å². The van der Waals surface area contributed by atoms with E-state index in [1.807, 2.05) is 22.9 Å². The predicted octanol–water partition coefficient (Wildman–Crippen LogP) is 2.49. The lowest BCUT2D eigenvalue weighted by molar-refractivity contribution is -0.144. The largest absolute Gasteiger partial charge is 0.480 e. The minimum atomic E-state index is -0.965. The van der Waals surface area contributed by atoms with Gasteiger partial charge in [0.15, 0.2) is 0 Å². The van der Waals surface area contributed by atoms with Crippen LogP contribution in [0.5, 0.6) is 0 Å². The summed E-state index contributed by atoms with van der Waals surface area (Å²) in [5.41, 5.74) is 0.712. The van der Waals surface area contributed by atoms with Crippen molar-refractivity contribution < 1.29 is 14.7 Å². The van der Waals surface area contributed by atoms with Gasteiger partial charge in [-0.15, -0.1) is 22.7 Å². The fourth-order valence-corrected chi connectivity index (χ4v) is 3.74. The van der Waals surface area contributed by atoms with Crippen LogP contribution >= 0.6 is 22.7 Å². The molecule has 0 aliphatic heterocycles. The van der Waals surface area contributed by atoms with Gasteiger partial charge in [0.1, 0.15) is 11.6 Å². The summed E-state index contributed by atoms with van der Waals surface area (Å²) in [4.78, 5) is 30.1. The Labute approximate surface area is 129 Å². The normalized spacial score (nSPS) is 14.1. The quantitative estimate of drug-likeness (QED) is 0.887. The number of aromatic nitrogens is 1. The lowest BCUT2D eigenvalue weighted by Gasteiger charge is -2.19. The van der Waals surface area contributed by atoms with Crippen molar-refractivity contribution in [3.63, 3.8) is 0 Å². The third-order valence-electron chi connectivity index (χ3n) is 3.23. The van der Waals surface area contributed by atoms with Gasteiger partial charge in [0.05, 0.1) is 17.0 Å². The summed E-state index contributed by atoms with van der Waals surface area (Å²) in [6.07, 6.45) is 1.97. The molecule has 1 saturated carbocycles. The molecule has 0 unspecified atom stereocenters. The van der Waals surface area contributed by atoms with E-state index in [1.165, 1.54) is 16.2 Å². The molecular weight excluding hydrogens is 308 g/mol. The summed E-state index contributed by atoms with van der Waals surface area (Å²) in [5.74, 6) is -1.12. The molecule has 0 aromatic carbocycles. The van der Waals surface area contributed by atoms with Crippen molar-refractivity contribution in [3.05, 3.63) is 28.6 Å². The van der Waals surface area contributed by atoms with Crippen LogP contribution in [0.4, 0.5) is 0 Å². The van der Waals surface area contributed by atoms with Crippen molar-refractivity contribution in [1.82, 2.24) is 9.88 Å². The van der Waals surface area contributed by atoms with E-state index < -0.39 is 5.97 Å². The van der Waals surface area contributed by atoms with Crippen LogP contribution in [0.1, 0.15) is 18.5 Å². The maximum Gasteiger partial charge on any atom is 0.323 e. The molecule has 2 aromatic heterocycles. The van der Waals surface area contributed by atoms with Crippen LogP contribution in [0.15, 0.2) is 22.9 Å². The number of carbonyl (C=O) groups excluding carboxylic acids is 1. The zero-order valence-electron chi connectivity index (χ0n) is 11.2. The Kier molecular flexibility index (Phi) is 4.03. The Morgan fingerprint density at radius 2 is 2.19 bits per heavy atom. The number of aliphatic carboxylic acids is 1. The van der Waals surface area contributed by atoms with Crippen molar-refractivity contribution in [2.45, 2.75) is 25.3 Å². The molecule has 2 aromatic rings. The molecule has 1 aliphatic rings. The van der Waals surface area contributed by atoms with Crippen LogP contribution in [-0.4, -0.2) is 39.5 Å². The van der Waals surface area contributed by atoms with Gasteiger partial charge < -0.3 is 10.0 Å². The monoisotopic (exact) mass is 322 g/mol. The van der Waals surface area contributed by atoms with Crippen molar-refractivity contribution in [2.75, 3.05) is 6.54 Å². The number of amides is 1.